The molecule has 23 heavy (non-hydrogen) atoms. The number of hydrogen-bond donors (Lipinski definition) is 2. The average molecular weight is 330 g/mol. The van der Waals surface area contributed by atoms with Gasteiger partial charge >= 0.3 is 6.18 Å². The molecule has 1 aromatic rings. The first-order valence-electron chi connectivity index (χ1n) is 7.10. The highest BCUT2D eigenvalue weighted by Gasteiger charge is 2.32. The summed E-state index contributed by atoms with van der Waals surface area (Å²) in [5.41, 5.74) is 4.17. The van der Waals surface area contributed by atoms with Gasteiger partial charge in [-0.3, -0.25) is 19.5 Å². The van der Waals surface area contributed by atoms with Crippen molar-refractivity contribution in [3.63, 3.8) is 0 Å². The number of alkyl halides is 3. The van der Waals surface area contributed by atoms with E-state index in [4.69, 9.17) is 5.73 Å². The Balaban J connectivity index is 1.87. The van der Waals surface area contributed by atoms with Crippen molar-refractivity contribution in [2.75, 3.05) is 19.6 Å². The van der Waals surface area contributed by atoms with Crippen molar-refractivity contribution in [3.05, 3.63) is 29.6 Å². The summed E-state index contributed by atoms with van der Waals surface area (Å²) in [6.07, 6.45) is -2.32. The van der Waals surface area contributed by atoms with Gasteiger partial charge in [-0.2, -0.15) is 13.2 Å². The second-order valence-corrected chi connectivity index (χ2v) is 5.42. The van der Waals surface area contributed by atoms with Crippen molar-refractivity contribution in [2.45, 2.75) is 25.1 Å². The van der Waals surface area contributed by atoms with Crippen LogP contribution in [0.15, 0.2) is 18.3 Å². The summed E-state index contributed by atoms with van der Waals surface area (Å²) in [5.74, 6) is -0.858. The minimum absolute atomic E-state index is 0.0811. The molecular weight excluding hydrogens is 313 g/mol. The van der Waals surface area contributed by atoms with E-state index in [0.29, 0.717) is 25.9 Å². The number of piperidine rings is 1. The fraction of sp³-hybridized carbons (Fsp3) is 0.500. The van der Waals surface area contributed by atoms with Gasteiger partial charge in [-0.15, -0.1) is 0 Å². The lowest BCUT2D eigenvalue weighted by Gasteiger charge is -2.31. The maximum Gasteiger partial charge on any atom is 0.433 e. The third-order valence-corrected chi connectivity index (χ3v) is 3.62. The van der Waals surface area contributed by atoms with Gasteiger partial charge < -0.3 is 11.1 Å². The number of aromatic nitrogens is 1. The smallest absolute Gasteiger partial charge is 0.369 e. The Hall–Kier alpha value is -2.16. The van der Waals surface area contributed by atoms with Gasteiger partial charge in [0.1, 0.15) is 5.69 Å². The lowest BCUT2D eigenvalue weighted by Crippen LogP contribution is -2.46. The number of halogens is 3. The number of nitrogens with two attached hydrogens (primary N) is 1. The summed E-state index contributed by atoms with van der Waals surface area (Å²) >= 11 is 0. The molecule has 0 bridgehead atoms. The molecule has 1 aromatic heterocycles. The molecule has 0 aliphatic carbocycles. The summed E-state index contributed by atoms with van der Waals surface area (Å²) in [5, 5.41) is 2.76. The predicted molar refractivity (Wildman–Crippen MR) is 75.4 cm³/mol. The minimum atomic E-state index is -4.53. The zero-order valence-corrected chi connectivity index (χ0v) is 12.3. The highest BCUT2D eigenvalue weighted by Crippen LogP contribution is 2.27. The largest absolute Gasteiger partial charge is 0.433 e. The summed E-state index contributed by atoms with van der Waals surface area (Å²) < 4.78 is 37.3. The normalized spacial score (nSPS) is 17.0. The van der Waals surface area contributed by atoms with Gasteiger partial charge in [0.15, 0.2) is 0 Å². The summed E-state index contributed by atoms with van der Waals surface area (Å²) in [4.78, 5) is 28.0. The average Bonchev–Trinajstić information content (AvgIpc) is 2.48. The Labute approximate surface area is 130 Å². The predicted octanol–water partition coefficient (Wildman–Crippen LogP) is 0.780. The number of amides is 2. The van der Waals surface area contributed by atoms with Crippen LogP contribution in [-0.2, 0) is 11.0 Å². The molecule has 0 spiro atoms. The van der Waals surface area contributed by atoms with Gasteiger partial charge in [0.2, 0.25) is 5.91 Å². The molecule has 1 aliphatic rings. The lowest BCUT2D eigenvalue weighted by molar-refractivity contribution is -0.141. The van der Waals surface area contributed by atoms with Crippen molar-refractivity contribution in [1.29, 1.82) is 0 Å². The Morgan fingerprint density at radius 3 is 2.43 bits per heavy atom. The number of pyridine rings is 1. The van der Waals surface area contributed by atoms with Crippen molar-refractivity contribution in [2.24, 2.45) is 5.73 Å². The van der Waals surface area contributed by atoms with E-state index in [-0.39, 0.29) is 18.2 Å². The zero-order valence-electron chi connectivity index (χ0n) is 12.3. The first-order chi connectivity index (χ1) is 10.8. The van der Waals surface area contributed by atoms with E-state index in [1.807, 2.05) is 4.90 Å². The third-order valence-electron chi connectivity index (χ3n) is 3.62. The highest BCUT2D eigenvalue weighted by atomic mass is 19.4. The monoisotopic (exact) mass is 330 g/mol. The second-order valence-electron chi connectivity index (χ2n) is 5.42. The van der Waals surface area contributed by atoms with Crippen molar-refractivity contribution >= 4 is 11.8 Å². The minimum Gasteiger partial charge on any atom is -0.369 e. The molecule has 9 heteroatoms. The van der Waals surface area contributed by atoms with Crippen molar-refractivity contribution in [1.82, 2.24) is 15.2 Å². The number of likely N-dealkylation sites (tertiary alicyclic amines) is 1. The van der Waals surface area contributed by atoms with Crippen LogP contribution in [0.2, 0.25) is 0 Å². The van der Waals surface area contributed by atoms with E-state index in [2.05, 4.69) is 10.3 Å². The number of nitrogens with zero attached hydrogens (tertiary/aromatic N) is 2. The number of carbonyl (C=O) groups is 2. The van der Waals surface area contributed by atoms with Crippen molar-refractivity contribution < 1.29 is 22.8 Å². The lowest BCUT2D eigenvalue weighted by atomic mass is 10.0. The number of rotatable bonds is 4. The standard InChI is InChI=1S/C14H17F3N4O2/c15-14(16,17)11-2-1-9(7-19-11)13(23)20-10-3-5-21(6-4-10)8-12(18)22/h1-2,7,10H,3-6,8H2,(H2,18,22)(H,20,23). The summed E-state index contributed by atoms with van der Waals surface area (Å²) in [6.45, 7) is 1.43. The van der Waals surface area contributed by atoms with E-state index >= 15 is 0 Å². The molecule has 2 rings (SSSR count). The molecule has 1 saturated heterocycles. The molecule has 1 aliphatic heterocycles. The van der Waals surface area contributed by atoms with Crippen LogP contribution in [-0.4, -0.2) is 47.4 Å². The molecule has 2 heterocycles. The first kappa shape index (κ1) is 17.2. The number of carbonyl (C=O) groups excluding carboxylic acids is 2. The molecule has 2 amide bonds. The van der Waals surface area contributed by atoms with E-state index in [0.717, 1.165) is 18.3 Å². The molecule has 0 unspecified atom stereocenters. The van der Waals surface area contributed by atoms with Gasteiger partial charge in [-0.05, 0) is 25.0 Å². The molecule has 3 N–H and O–H groups in total. The fourth-order valence-electron chi connectivity index (χ4n) is 2.42. The van der Waals surface area contributed by atoms with Crippen LogP contribution in [0.3, 0.4) is 0 Å². The summed E-state index contributed by atoms with van der Waals surface area (Å²) in [7, 11) is 0. The number of primary amides is 1. The van der Waals surface area contributed by atoms with Crippen LogP contribution in [0.4, 0.5) is 13.2 Å². The molecule has 6 nitrogen and oxygen atoms in total. The van der Waals surface area contributed by atoms with Gasteiger partial charge in [0.05, 0.1) is 12.1 Å². The third kappa shape index (κ3) is 4.92. The Kier molecular flexibility index (Phi) is 5.19. The van der Waals surface area contributed by atoms with Gasteiger partial charge in [0.25, 0.3) is 5.91 Å². The Morgan fingerprint density at radius 1 is 1.30 bits per heavy atom. The second kappa shape index (κ2) is 6.95. The van der Waals surface area contributed by atoms with E-state index < -0.39 is 23.7 Å². The van der Waals surface area contributed by atoms with Crippen LogP contribution in [0.1, 0.15) is 28.9 Å². The topological polar surface area (TPSA) is 88.3 Å². The van der Waals surface area contributed by atoms with E-state index in [9.17, 15) is 22.8 Å². The van der Waals surface area contributed by atoms with Gasteiger partial charge in [-0.1, -0.05) is 0 Å². The van der Waals surface area contributed by atoms with Crippen LogP contribution < -0.4 is 11.1 Å². The maximum atomic E-state index is 12.4. The molecule has 0 saturated carbocycles. The number of hydrogen-bond acceptors (Lipinski definition) is 4. The summed E-state index contributed by atoms with van der Waals surface area (Å²) in [6, 6.07) is 1.80. The molecule has 0 aromatic carbocycles. The molecule has 1 fully saturated rings. The van der Waals surface area contributed by atoms with E-state index in [1.165, 1.54) is 0 Å². The van der Waals surface area contributed by atoms with Crippen LogP contribution in [0.5, 0.6) is 0 Å². The van der Waals surface area contributed by atoms with Gasteiger partial charge in [-0.25, -0.2) is 0 Å². The fourth-order valence-corrected chi connectivity index (χ4v) is 2.42. The van der Waals surface area contributed by atoms with E-state index in [1.54, 1.807) is 0 Å². The molecule has 0 atom stereocenters. The SMILES string of the molecule is NC(=O)CN1CCC(NC(=O)c2ccc(C(F)(F)F)nc2)CC1. The molecule has 0 radical (unpaired) electrons. The van der Waals surface area contributed by atoms with Crippen molar-refractivity contribution in [3.8, 4) is 0 Å². The molecular formula is C14H17F3N4O2. The zero-order chi connectivity index (χ0) is 17.0. The van der Waals surface area contributed by atoms with Crippen LogP contribution in [0, 0.1) is 0 Å². The van der Waals surface area contributed by atoms with Gasteiger partial charge in [0, 0.05) is 25.3 Å². The Morgan fingerprint density at radius 2 is 1.96 bits per heavy atom. The highest BCUT2D eigenvalue weighted by molar-refractivity contribution is 5.94. The first-order valence-corrected chi connectivity index (χ1v) is 7.10. The quantitative estimate of drug-likeness (QED) is 0.854. The molecule has 126 valence electrons. The van der Waals surface area contributed by atoms with Crippen LogP contribution >= 0.6 is 0 Å². The van der Waals surface area contributed by atoms with Crippen LogP contribution in [0.25, 0.3) is 0 Å². The Bertz CT molecular complexity index is 566. The number of nitrogens with one attached hydrogen (secondary N) is 1. The maximum absolute atomic E-state index is 12.4.